The van der Waals surface area contributed by atoms with Crippen LogP contribution in [0.25, 0.3) is 0 Å². The monoisotopic (exact) mass is 316 g/mol. The zero-order valence-corrected chi connectivity index (χ0v) is 13.5. The topological polar surface area (TPSA) is 20.2 Å². The van der Waals surface area contributed by atoms with Gasteiger partial charge in [-0.25, -0.2) is 0 Å². The van der Waals surface area contributed by atoms with Gasteiger partial charge in [0.1, 0.15) is 0 Å². The molecule has 0 amide bonds. The highest BCUT2D eigenvalue weighted by Gasteiger charge is 2.29. The number of rotatable bonds is 9. The summed E-state index contributed by atoms with van der Waals surface area (Å²) in [7, 11) is 0. The van der Waals surface area contributed by atoms with Crippen molar-refractivity contribution in [1.29, 1.82) is 0 Å². The van der Waals surface area contributed by atoms with Crippen LogP contribution in [0.4, 0.5) is 13.2 Å². The van der Waals surface area contributed by atoms with E-state index >= 15 is 0 Å². The molecule has 4 heteroatoms. The van der Waals surface area contributed by atoms with E-state index in [4.69, 9.17) is 0 Å². The molecule has 0 fully saturated rings. The van der Waals surface area contributed by atoms with Gasteiger partial charge in [-0.05, 0) is 50.3 Å². The van der Waals surface area contributed by atoms with Gasteiger partial charge in [-0.1, -0.05) is 44.7 Å². The second-order valence-corrected chi connectivity index (χ2v) is 6.31. The first-order valence-electron chi connectivity index (χ1n) is 8.13. The molecule has 0 heterocycles. The average molecular weight is 316 g/mol. The molecule has 1 nitrogen and oxygen atoms in total. The average Bonchev–Trinajstić information content (AvgIpc) is 2.46. The maximum absolute atomic E-state index is 12.4. The van der Waals surface area contributed by atoms with Gasteiger partial charge in [0.2, 0.25) is 0 Å². The smallest absolute Gasteiger partial charge is 0.390 e. The summed E-state index contributed by atoms with van der Waals surface area (Å²) in [5, 5.41) is 9.87. The van der Waals surface area contributed by atoms with Crippen molar-refractivity contribution >= 4 is 0 Å². The highest BCUT2D eigenvalue weighted by molar-refractivity contribution is 5.24. The zero-order valence-electron chi connectivity index (χ0n) is 13.5. The second kappa shape index (κ2) is 8.56. The van der Waals surface area contributed by atoms with E-state index in [1.165, 1.54) is 0 Å². The van der Waals surface area contributed by atoms with Crippen LogP contribution in [-0.4, -0.2) is 10.7 Å². The summed E-state index contributed by atoms with van der Waals surface area (Å²) in [6.45, 7) is 3.86. The highest BCUT2D eigenvalue weighted by Crippen LogP contribution is 2.29. The first-order valence-corrected chi connectivity index (χ1v) is 8.13. The number of aliphatic hydroxyl groups is 1. The number of hydrogen-bond acceptors (Lipinski definition) is 1. The molecule has 1 N–H and O–H groups in total. The Morgan fingerprint density at radius 1 is 0.909 bits per heavy atom. The van der Waals surface area contributed by atoms with E-state index < -0.39 is 17.3 Å². The van der Waals surface area contributed by atoms with Crippen LogP contribution in [0.2, 0.25) is 0 Å². The molecule has 1 aromatic rings. The SMILES string of the molecule is CCC(C)(O)CCCCCCCc1ccc(C(F)(F)F)cc1. The van der Waals surface area contributed by atoms with Crippen molar-refractivity contribution in [3.63, 3.8) is 0 Å². The molecule has 0 spiro atoms. The quantitative estimate of drug-likeness (QED) is 0.575. The molecule has 126 valence electrons. The van der Waals surface area contributed by atoms with Gasteiger partial charge in [0, 0.05) is 0 Å². The third kappa shape index (κ3) is 7.30. The number of halogens is 3. The molecule has 0 saturated carbocycles. The van der Waals surface area contributed by atoms with E-state index in [-0.39, 0.29) is 0 Å². The molecule has 0 aliphatic carbocycles. The van der Waals surface area contributed by atoms with Crippen molar-refractivity contribution in [3.05, 3.63) is 35.4 Å². The van der Waals surface area contributed by atoms with Crippen LogP contribution in [0, 0.1) is 0 Å². The normalized spacial score (nSPS) is 14.8. The Labute approximate surface area is 131 Å². The Bertz CT molecular complexity index is 421. The van der Waals surface area contributed by atoms with Crippen molar-refractivity contribution < 1.29 is 18.3 Å². The molecule has 1 rings (SSSR count). The van der Waals surface area contributed by atoms with Gasteiger partial charge in [-0.2, -0.15) is 13.2 Å². The Morgan fingerprint density at radius 3 is 2.00 bits per heavy atom. The first-order chi connectivity index (χ1) is 10.2. The van der Waals surface area contributed by atoms with E-state index in [9.17, 15) is 18.3 Å². The molecule has 0 aliphatic rings. The van der Waals surface area contributed by atoms with Crippen molar-refractivity contribution in [2.24, 2.45) is 0 Å². The van der Waals surface area contributed by atoms with Crippen LogP contribution < -0.4 is 0 Å². The van der Waals surface area contributed by atoms with E-state index in [0.717, 1.165) is 69.1 Å². The molecule has 0 aliphatic heterocycles. The van der Waals surface area contributed by atoms with Crippen LogP contribution in [0.15, 0.2) is 24.3 Å². The number of benzene rings is 1. The molecule has 1 aromatic carbocycles. The predicted molar refractivity (Wildman–Crippen MR) is 83.8 cm³/mol. The van der Waals surface area contributed by atoms with Crippen LogP contribution in [0.1, 0.15) is 69.9 Å². The van der Waals surface area contributed by atoms with Crippen LogP contribution in [0.5, 0.6) is 0 Å². The summed E-state index contributed by atoms with van der Waals surface area (Å²) in [5.41, 5.74) is -0.165. The Morgan fingerprint density at radius 2 is 1.45 bits per heavy atom. The molecule has 0 aromatic heterocycles. The molecule has 1 unspecified atom stereocenters. The number of unbranched alkanes of at least 4 members (excludes halogenated alkanes) is 4. The summed E-state index contributed by atoms with van der Waals surface area (Å²) < 4.78 is 37.3. The summed E-state index contributed by atoms with van der Waals surface area (Å²) in [4.78, 5) is 0. The predicted octanol–water partition coefficient (Wildman–Crippen LogP) is 5.75. The van der Waals surface area contributed by atoms with E-state index in [2.05, 4.69) is 0 Å². The Balaban J connectivity index is 2.15. The maximum atomic E-state index is 12.4. The van der Waals surface area contributed by atoms with Crippen molar-refractivity contribution in [2.75, 3.05) is 0 Å². The van der Waals surface area contributed by atoms with Crippen molar-refractivity contribution in [3.8, 4) is 0 Å². The lowest BCUT2D eigenvalue weighted by Gasteiger charge is -2.20. The molecule has 1 atom stereocenters. The Kier molecular flexibility index (Phi) is 7.40. The van der Waals surface area contributed by atoms with Gasteiger partial charge in [0.05, 0.1) is 11.2 Å². The lowest BCUT2D eigenvalue weighted by molar-refractivity contribution is -0.137. The summed E-state index contributed by atoms with van der Waals surface area (Å²) in [5.74, 6) is 0. The largest absolute Gasteiger partial charge is 0.416 e. The van der Waals surface area contributed by atoms with Crippen LogP contribution in [0.3, 0.4) is 0 Å². The summed E-state index contributed by atoms with van der Waals surface area (Å²) >= 11 is 0. The van der Waals surface area contributed by atoms with Gasteiger partial charge in [0.15, 0.2) is 0 Å². The first kappa shape index (κ1) is 19.0. The van der Waals surface area contributed by atoms with Gasteiger partial charge in [-0.15, -0.1) is 0 Å². The summed E-state index contributed by atoms with van der Waals surface area (Å²) in [6.07, 6.45) is 3.50. The van der Waals surface area contributed by atoms with Gasteiger partial charge in [-0.3, -0.25) is 0 Å². The minimum Gasteiger partial charge on any atom is -0.390 e. The molecular weight excluding hydrogens is 289 g/mol. The van der Waals surface area contributed by atoms with E-state index in [1.54, 1.807) is 12.1 Å². The van der Waals surface area contributed by atoms with E-state index in [0.29, 0.717) is 0 Å². The van der Waals surface area contributed by atoms with Gasteiger partial charge in [0.25, 0.3) is 0 Å². The second-order valence-electron chi connectivity index (χ2n) is 6.31. The summed E-state index contributed by atoms with van der Waals surface area (Å²) in [6, 6.07) is 5.45. The minimum absolute atomic E-state index is 0.541. The fraction of sp³-hybridized carbons (Fsp3) is 0.667. The minimum atomic E-state index is -4.25. The third-order valence-electron chi connectivity index (χ3n) is 4.22. The zero-order chi connectivity index (χ0) is 16.6. The highest BCUT2D eigenvalue weighted by atomic mass is 19.4. The molecule has 0 saturated heterocycles. The molecule has 0 radical (unpaired) electrons. The lowest BCUT2D eigenvalue weighted by Crippen LogP contribution is -2.22. The lowest BCUT2D eigenvalue weighted by atomic mass is 9.95. The molecule has 22 heavy (non-hydrogen) atoms. The number of aryl methyl sites for hydroxylation is 1. The number of alkyl halides is 3. The van der Waals surface area contributed by atoms with E-state index in [1.807, 2.05) is 13.8 Å². The number of hydrogen-bond donors (Lipinski definition) is 1. The van der Waals surface area contributed by atoms with Crippen molar-refractivity contribution in [1.82, 2.24) is 0 Å². The fourth-order valence-electron chi connectivity index (χ4n) is 2.40. The maximum Gasteiger partial charge on any atom is 0.416 e. The third-order valence-corrected chi connectivity index (χ3v) is 4.22. The molecular formula is C18H27F3O. The van der Waals surface area contributed by atoms with Crippen LogP contribution in [-0.2, 0) is 12.6 Å². The molecule has 0 bridgehead atoms. The Hall–Kier alpha value is -1.03. The van der Waals surface area contributed by atoms with Gasteiger partial charge < -0.3 is 5.11 Å². The van der Waals surface area contributed by atoms with Crippen molar-refractivity contribution in [2.45, 2.75) is 77.0 Å². The fourth-order valence-corrected chi connectivity index (χ4v) is 2.40. The standard InChI is InChI=1S/C18H27F3O/c1-3-17(2,22)14-8-6-4-5-7-9-15-10-12-16(13-11-15)18(19,20)21/h10-13,22H,3-9,14H2,1-2H3. The van der Waals surface area contributed by atoms with Gasteiger partial charge >= 0.3 is 6.18 Å². The van der Waals surface area contributed by atoms with Crippen LogP contribution >= 0.6 is 0 Å².